The molecule has 92 valence electrons. The highest BCUT2D eigenvalue weighted by atomic mass is 16.4. The monoisotopic (exact) mass is 228 g/mol. The molecule has 0 aromatic carbocycles. The summed E-state index contributed by atoms with van der Waals surface area (Å²) in [6.45, 7) is 7.37. The number of aliphatic carboxylic acids is 1. The van der Waals surface area contributed by atoms with E-state index < -0.39 is 12.0 Å². The van der Waals surface area contributed by atoms with Crippen molar-refractivity contribution in [1.29, 1.82) is 0 Å². The van der Waals surface area contributed by atoms with Crippen molar-refractivity contribution in [3.63, 3.8) is 0 Å². The van der Waals surface area contributed by atoms with E-state index in [1.807, 2.05) is 0 Å². The van der Waals surface area contributed by atoms with Gasteiger partial charge in [-0.25, -0.2) is 9.59 Å². The van der Waals surface area contributed by atoms with Crippen LogP contribution in [0.3, 0.4) is 0 Å². The van der Waals surface area contributed by atoms with Crippen molar-refractivity contribution < 1.29 is 14.7 Å². The van der Waals surface area contributed by atoms with Gasteiger partial charge in [-0.1, -0.05) is 20.8 Å². The molecule has 0 saturated carbocycles. The van der Waals surface area contributed by atoms with Crippen LogP contribution in [0.5, 0.6) is 0 Å². The molecule has 1 aliphatic rings. The number of likely N-dealkylation sites (tertiary alicyclic amines) is 1. The summed E-state index contributed by atoms with van der Waals surface area (Å²) >= 11 is 0. The first-order valence-electron chi connectivity index (χ1n) is 5.74. The quantitative estimate of drug-likeness (QED) is 0.761. The molecule has 1 aliphatic heterocycles. The van der Waals surface area contributed by atoms with E-state index in [9.17, 15) is 9.59 Å². The summed E-state index contributed by atoms with van der Waals surface area (Å²) < 4.78 is 0. The molecule has 0 bridgehead atoms. The first-order chi connectivity index (χ1) is 7.45. The highest BCUT2D eigenvalue weighted by Crippen LogP contribution is 2.21. The Bertz CT molecular complexity index is 270. The lowest BCUT2D eigenvalue weighted by Gasteiger charge is -2.20. The third kappa shape index (κ3) is 2.87. The van der Waals surface area contributed by atoms with Crippen LogP contribution < -0.4 is 5.32 Å². The van der Waals surface area contributed by atoms with Crippen LogP contribution in [0.4, 0.5) is 4.79 Å². The number of carbonyl (C=O) groups is 2. The number of carboxylic acids is 1. The summed E-state index contributed by atoms with van der Waals surface area (Å²) in [6, 6.07) is -1.04. The summed E-state index contributed by atoms with van der Waals surface area (Å²) in [7, 11) is 0. The van der Waals surface area contributed by atoms with Gasteiger partial charge in [0.1, 0.15) is 6.04 Å². The summed E-state index contributed by atoms with van der Waals surface area (Å²) in [5, 5.41) is 11.4. The molecule has 0 aliphatic carbocycles. The van der Waals surface area contributed by atoms with Crippen molar-refractivity contribution in [1.82, 2.24) is 10.2 Å². The van der Waals surface area contributed by atoms with E-state index in [4.69, 9.17) is 5.11 Å². The molecule has 2 amide bonds. The minimum absolute atomic E-state index is 0.259. The normalized spacial score (nSPS) is 26.6. The third-order valence-corrected chi connectivity index (χ3v) is 3.28. The molecule has 0 spiro atoms. The molecule has 0 aromatic heterocycles. The van der Waals surface area contributed by atoms with Gasteiger partial charge in [0, 0.05) is 13.1 Å². The first kappa shape index (κ1) is 12.8. The molecule has 1 rings (SSSR count). The number of hydrogen-bond donors (Lipinski definition) is 2. The molecule has 3 unspecified atom stereocenters. The van der Waals surface area contributed by atoms with Gasteiger partial charge in [0.25, 0.3) is 0 Å². The lowest BCUT2D eigenvalue weighted by atomic mass is 10.0. The second-order valence-corrected chi connectivity index (χ2v) is 4.61. The Balaban J connectivity index is 2.50. The smallest absolute Gasteiger partial charge is 0.326 e. The SMILES string of the molecule is CCC(NC(=O)N1CC(C)C(C)C1)C(=O)O. The summed E-state index contributed by atoms with van der Waals surface area (Å²) in [6.07, 6.45) is 0.403. The minimum Gasteiger partial charge on any atom is -0.480 e. The number of nitrogens with zero attached hydrogens (tertiary/aromatic N) is 1. The molecule has 5 nitrogen and oxygen atoms in total. The number of carbonyl (C=O) groups excluding carboxylic acids is 1. The van der Waals surface area contributed by atoms with Gasteiger partial charge in [0.15, 0.2) is 0 Å². The van der Waals surface area contributed by atoms with Gasteiger partial charge in [-0.05, 0) is 18.3 Å². The highest BCUT2D eigenvalue weighted by molar-refractivity contribution is 5.82. The fraction of sp³-hybridized carbons (Fsp3) is 0.818. The molecular formula is C11H20N2O3. The van der Waals surface area contributed by atoms with Crippen LogP contribution in [-0.2, 0) is 4.79 Å². The maximum absolute atomic E-state index is 11.8. The van der Waals surface area contributed by atoms with Crippen LogP contribution in [0.1, 0.15) is 27.2 Å². The molecule has 16 heavy (non-hydrogen) atoms. The van der Waals surface area contributed by atoms with Crippen LogP contribution in [0.25, 0.3) is 0 Å². The molecule has 2 N–H and O–H groups in total. The van der Waals surface area contributed by atoms with E-state index in [0.29, 0.717) is 31.3 Å². The first-order valence-corrected chi connectivity index (χ1v) is 5.74. The molecule has 0 radical (unpaired) electrons. The molecular weight excluding hydrogens is 208 g/mol. The second kappa shape index (κ2) is 5.18. The average Bonchev–Trinajstić information content (AvgIpc) is 2.55. The average molecular weight is 228 g/mol. The van der Waals surface area contributed by atoms with Crippen molar-refractivity contribution >= 4 is 12.0 Å². The summed E-state index contributed by atoms with van der Waals surface area (Å²) in [5.41, 5.74) is 0. The zero-order valence-corrected chi connectivity index (χ0v) is 10.1. The van der Waals surface area contributed by atoms with Crippen molar-refractivity contribution in [2.75, 3.05) is 13.1 Å². The van der Waals surface area contributed by atoms with E-state index in [-0.39, 0.29) is 6.03 Å². The van der Waals surface area contributed by atoms with Crippen molar-refractivity contribution in [3.05, 3.63) is 0 Å². The van der Waals surface area contributed by atoms with Crippen LogP contribution in [0.2, 0.25) is 0 Å². The van der Waals surface area contributed by atoms with Gasteiger partial charge in [-0.3, -0.25) is 0 Å². The van der Waals surface area contributed by atoms with Crippen molar-refractivity contribution in [2.45, 2.75) is 33.2 Å². The van der Waals surface area contributed by atoms with Crippen molar-refractivity contribution in [2.24, 2.45) is 11.8 Å². The van der Waals surface area contributed by atoms with Crippen LogP contribution in [0.15, 0.2) is 0 Å². The highest BCUT2D eigenvalue weighted by Gasteiger charge is 2.30. The maximum atomic E-state index is 11.8. The Labute approximate surface area is 95.8 Å². The lowest BCUT2D eigenvalue weighted by molar-refractivity contribution is -0.139. The topological polar surface area (TPSA) is 69.6 Å². The summed E-state index contributed by atoms with van der Waals surface area (Å²) in [5.74, 6) is -0.0116. The van der Waals surface area contributed by atoms with Gasteiger partial charge in [-0.2, -0.15) is 0 Å². The largest absolute Gasteiger partial charge is 0.480 e. The minimum atomic E-state index is -0.976. The van der Waals surface area contributed by atoms with E-state index in [0.717, 1.165) is 0 Å². The predicted octanol–water partition coefficient (Wildman–Crippen LogP) is 1.15. The predicted molar refractivity (Wildman–Crippen MR) is 60.1 cm³/mol. The van der Waals surface area contributed by atoms with Gasteiger partial charge >= 0.3 is 12.0 Å². The van der Waals surface area contributed by atoms with Crippen LogP contribution in [-0.4, -0.2) is 41.1 Å². The van der Waals surface area contributed by atoms with E-state index >= 15 is 0 Å². The fourth-order valence-electron chi connectivity index (χ4n) is 1.87. The van der Waals surface area contributed by atoms with Gasteiger partial charge < -0.3 is 15.3 Å². The fourth-order valence-corrected chi connectivity index (χ4v) is 1.87. The van der Waals surface area contributed by atoms with Gasteiger partial charge in [-0.15, -0.1) is 0 Å². The molecule has 0 aromatic rings. The Hall–Kier alpha value is -1.26. The number of rotatable bonds is 3. The molecule has 5 heteroatoms. The van der Waals surface area contributed by atoms with E-state index in [2.05, 4.69) is 19.2 Å². The van der Waals surface area contributed by atoms with Crippen molar-refractivity contribution in [3.8, 4) is 0 Å². The Kier molecular flexibility index (Phi) is 4.15. The standard InChI is InChI=1S/C11H20N2O3/c1-4-9(10(14)15)12-11(16)13-5-7(2)8(3)6-13/h7-9H,4-6H2,1-3H3,(H,12,16)(H,14,15). The number of amides is 2. The van der Waals surface area contributed by atoms with Gasteiger partial charge in [0.05, 0.1) is 0 Å². The Morgan fingerprint density at radius 2 is 1.88 bits per heavy atom. The number of nitrogens with one attached hydrogen (secondary N) is 1. The second-order valence-electron chi connectivity index (χ2n) is 4.61. The van der Waals surface area contributed by atoms with E-state index in [1.165, 1.54) is 0 Å². The zero-order valence-electron chi connectivity index (χ0n) is 10.1. The van der Waals surface area contributed by atoms with Crippen LogP contribution >= 0.6 is 0 Å². The third-order valence-electron chi connectivity index (χ3n) is 3.28. The van der Waals surface area contributed by atoms with Crippen LogP contribution in [0, 0.1) is 11.8 Å². The number of carboxylic acid groups (broad SMARTS) is 1. The lowest BCUT2D eigenvalue weighted by Crippen LogP contribution is -2.47. The number of hydrogen-bond acceptors (Lipinski definition) is 2. The molecule has 3 atom stereocenters. The Morgan fingerprint density at radius 3 is 2.25 bits per heavy atom. The molecule has 1 saturated heterocycles. The molecule has 1 fully saturated rings. The summed E-state index contributed by atoms with van der Waals surface area (Å²) in [4.78, 5) is 24.2. The van der Waals surface area contributed by atoms with Gasteiger partial charge in [0.2, 0.25) is 0 Å². The van der Waals surface area contributed by atoms with E-state index in [1.54, 1.807) is 11.8 Å². The Morgan fingerprint density at radius 1 is 1.38 bits per heavy atom. The number of urea groups is 1. The zero-order chi connectivity index (χ0) is 12.3. The maximum Gasteiger partial charge on any atom is 0.326 e. The molecule has 1 heterocycles.